The van der Waals surface area contributed by atoms with Crippen molar-refractivity contribution in [3.05, 3.63) is 54.4 Å². The molecule has 0 unspecified atom stereocenters. The van der Waals surface area contributed by atoms with Crippen LogP contribution in [0.4, 0.5) is 8.78 Å². The Kier molecular flexibility index (Phi) is 5.08. The second-order valence-electron chi connectivity index (χ2n) is 5.20. The summed E-state index contributed by atoms with van der Waals surface area (Å²) in [6, 6.07) is 13.3. The zero-order chi connectivity index (χ0) is 18.5. The molecule has 0 aliphatic heterocycles. The number of hydrogen-bond donors (Lipinski definition) is 0. The zero-order valence-electron chi connectivity index (χ0n) is 13.8. The molecule has 8 heteroatoms. The van der Waals surface area contributed by atoms with E-state index in [9.17, 15) is 8.78 Å². The van der Waals surface area contributed by atoms with E-state index in [1.807, 2.05) is 6.07 Å². The normalized spacial score (nSPS) is 10.6. The summed E-state index contributed by atoms with van der Waals surface area (Å²) >= 11 is 0. The third-order valence-electron chi connectivity index (χ3n) is 3.58. The van der Waals surface area contributed by atoms with Gasteiger partial charge in [-0.05, 0) is 36.4 Å². The predicted molar refractivity (Wildman–Crippen MR) is 89.4 cm³/mol. The zero-order valence-corrected chi connectivity index (χ0v) is 13.8. The number of halogens is 2. The Balaban J connectivity index is 2.01. The number of methoxy groups -OCH3 is 1. The standard InChI is InChI=1S/C18H14F2N4O2/c1-25-17-7-4-13(11-22-17)24-16(10-15(23-24)18(19)20)12-2-5-14(6-3-12)26-9-8-21/h2-7,10-11,18H,9H2,1H3. The molecule has 0 radical (unpaired) electrons. The van der Waals surface area contributed by atoms with Gasteiger partial charge in [0.1, 0.15) is 17.5 Å². The van der Waals surface area contributed by atoms with Gasteiger partial charge < -0.3 is 9.47 Å². The Bertz CT molecular complexity index is 916. The topological polar surface area (TPSA) is 73.0 Å². The van der Waals surface area contributed by atoms with E-state index >= 15 is 0 Å². The largest absolute Gasteiger partial charge is 0.481 e. The van der Waals surface area contributed by atoms with Gasteiger partial charge in [0.2, 0.25) is 5.88 Å². The monoisotopic (exact) mass is 356 g/mol. The summed E-state index contributed by atoms with van der Waals surface area (Å²) in [6.07, 6.45) is -1.20. The van der Waals surface area contributed by atoms with E-state index in [1.165, 1.54) is 24.1 Å². The van der Waals surface area contributed by atoms with Crippen LogP contribution in [0.15, 0.2) is 48.7 Å². The van der Waals surface area contributed by atoms with Crippen molar-refractivity contribution in [3.8, 4) is 34.6 Å². The number of ether oxygens (including phenoxy) is 2. The second kappa shape index (κ2) is 7.61. The summed E-state index contributed by atoms with van der Waals surface area (Å²) < 4.78 is 37.9. The van der Waals surface area contributed by atoms with Gasteiger partial charge in [-0.3, -0.25) is 0 Å². The van der Waals surface area contributed by atoms with Crippen LogP contribution in [-0.2, 0) is 0 Å². The van der Waals surface area contributed by atoms with Gasteiger partial charge in [0, 0.05) is 11.6 Å². The van der Waals surface area contributed by atoms with Crippen LogP contribution < -0.4 is 9.47 Å². The van der Waals surface area contributed by atoms with Crippen molar-refractivity contribution >= 4 is 0 Å². The van der Waals surface area contributed by atoms with Crippen LogP contribution in [0.2, 0.25) is 0 Å². The molecular formula is C18H14F2N4O2. The van der Waals surface area contributed by atoms with Crippen LogP contribution in [-0.4, -0.2) is 28.5 Å². The van der Waals surface area contributed by atoms with Crippen LogP contribution in [0.3, 0.4) is 0 Å². The summed E-state index contributed by atoms with van der Waals surface area (Å²) in [4.78, 5) is 4.09. The molecule has 0 bridgehead atoms. The number of rotatable bonds is 6. The molecule has 132 valence electrons. The van der Waals surface area contributed by atoms with Gasteiger partial charge in [-0.1, -0.05) is 0 Å². The molecule has 6 nitrogen and oxygen atoms in total. The second-order valence-corrected chi connectivity index (χ2v) is 5.20. The molecule has 2 heterocycles. The minimum Gasteiger partial charge on any atom is -0.481 e. The lowest BCUT2D eigenvalue weighted by atomic mass is 10.1. The average molecular weight is 356 g/mol. The van der Waals surface area contributed by atoms with E-state index in [-0.39, 0.29) is 12.3 Å². The number of benzene rings is 1. The van der Waals surface area contributed by atoms with E-state index in [4.69, 9.17) is 14.7 Å². The fraction of sp³-hybridized carbons (Fsp3) is 0.167. The van der Waals surface area contributed by atoms with Crippen molar-refractivity contribution in [2.24, 2.45) is 0 Å². The van der Waals surface area contributed by atoms with Crippen molar-refractivity contribution in [3.63, 3.8) is 0 Å². The molecule has 0 spiro atoms. The molecule has 3 aromatic rings. The highest BCUT2D eigenvalue weighted by atomic mass is 19.3. The first-order valence-electron chi connectivity index (χ1n) is 7.61. The first-order chi connectivity index (χ1) is 12.6. The highest BCUT2D eigenvalue weighted by Gasteiger charge is 2.18. The number of hydrogen-bond acceptors (Lipinski definition) is 5. The van der Waals surface area contributed by atoms with Gasteiger partial charge in [0.15, 0.2) is 6.61 Å². The minimum absolute atomic E-state index is 0.0652. The predicted octanol–water partition coefficient (Wildman–Crippen LogP) is 3.78. The van der Waals surface area contributed by atoms with E-state index in [0.29, 0.717) is 28.6 Å². The molecule has 0 aliphatic carbocycles. The Morgan fingerprint density at radius 3 is 2.54 bits per heavy atom. The van der Waals surface area contributed by atoms with Crippen LogP contribution in [0.1, 0.15) is 12.1 Å². The van der Waals surface area contributed by atoms with Gasteiger partial charge in [-0.2, -0.15) is 10.4 Å². The molecule has 0 aliphatic rings. The van der Waals surface area contributed by atoms with E-state index < -0.39 is 6.43 Å². The van der Waals surface area contributed by atoms with Crippen LogP contribution in [0.25, 0.3) is 16.9 Å². The lowest BCUT2D eigenvalue weighted by Crippen LogP contribution is -2.01. The van der Waals surface area contributed by atoms with Crippen molar-refractivity contribution in [1.29, 1.82) is 5.26 Å². The fourth-order valence-electron chi connectivity index (χ4n) is 2.36. The number of pyridine rings is 1. The summed E-state index contributed by atoms with van der Waals surface area (Å²) in [7, 11) is 1.49. The minimum atomic E-state index is -2.69. The van der Waals surface area contributed by atoms with E-state index in [1.54, 1.807) is 36.4 Å². The number of aromatic nitrogens is 3. The Morgan fingerprint density at radius 1 is 1.19 bits per heavy atom. The van der Waals surface area contributed by atoms with Crippen LogP contribution >= 0.6 is 0 Å². The van der Waals surface area contributed by atoms with Crippen LogP contribution in [0, 0.1) is 11.3 Å². The first-order valence-corrected chi connectivity index (χ1v) is 7.61. The Morgan fingerprint density at radius 2 is 1.96 bits per heavy atom. The molecule has 0 N–H and O–H groups in total. The van der Waals surface area contributed by atoms with Crippen molar-refractivity contribution in [2.45, 2.75) is 6.43 Å². The Hall–Kier alpha value is -3.47. The molecule has 2 aromatic heterocycles. The number of nitrogens with zero attached hydrogens (tertiary/aromatic N) is 4. The molecule has 0 saturated heterocycles. The maximum Gasteiger partial charge on any atom is 0.282 e. The lowest BCUT2D eigenvalue weighted by Gasteiger charge is -2.09. The van der Waals surface area contributed by atoms with Crippen molar-refractivity contribution in [2.75, 3.05) is 13.7 Å². The molecule has 26 heavy (non-hydrogen) atoms. The average Bonchev–Trinajstić information content (AvgIpc) is 3.12. The van der Waals surface area contributed by atoms with Gasteiger partial charge in [0.25, 0.3) is 6.43 Å². The molecule has 0 fully saturated rings. The maximum atomic E-state index is 13.2. The van der Waals surface area contributed by atoms with Crippen LogP contribution in [0.5, 0.6) is 11.6 Å². The third kappa shape index (κ3) is 3.62. The summed E-state index contributed by atoms with van der Waals surface area (Å²) in [5.74, 6) is 0.928. The van der Waals surface area contributed by atoms with Gasteiger partial charge in [-0.15, -0.1) is 0 Å². The quantitative estimate of drug-likeness (QED) is 0.672. The summed E-state index contributed by atoms with van der Waals surface area (Å²) in [5, 5.41) is 12.5. The molecule has 0 amide bonds. The molecule has 0 atom stereocenters. The molecule has 1 aromatic carbocycles. The van der Waals surface area contributed by atoms with E-state index in [2.05, 4.69) is 10.1 Å². The van der Waals surface area contributed by atoms with Gasteiger partial charge in [-0.25, -0.2) is 18.4 Å². The Labute approximate surface area is 148 Å². The number of alkyl halides is 2. The highest BCUT2D eigenvalue weighted by molar-refractivity contribution is 5.63. The maximum absolute atomic E-state index is 13.2. The molecule has 3 rings (SSSR count). The first kappa shape index (κ1) is 17.4. The summed E-state index contributed by atoms with van der Waals surface area (Å²) in [6.45, 7) is -0.0652. The molecular weight excluding hydrogens is 342 g/mol. The van der Waals surface area contributed by atoms with Crippen molar-refractivity contribution in [1.82, 2.24) is 14.8 Å². The smallest absolute Gasteiger partial charge is 0.282 e. The van der Waals surface area contributed by atoms with Gasteiger partial charge in [0.05, 0.1) is 24.7 Å². The van der Waals surface area contributed by atoms with Crippen molar-refractivity contribution < 1.29 is 18.3 Å². The SMILES string of the molecule is COc1ccc(-n2nc(C(F)F)cc2-c2ccc(OCC#N)cc2)cn1. The highest BCUT2D eigenvalue weighted by Crippen LogP contribution is 2.29. The third-order valence-corrected chi connectivity index (χ3v) is 3.58. The molecule has 0 saturated carbocycles. The number of nitriles is 1. The summed E-state index contributed by atoms with van der Waals surface area (Å²) in [5.41, 5.74) is 1.35. The van der Waals surface area contributed by atoms with Gasteiger partial charge >= 0.3 is 0 Å². The fourth-order valence-corrected chi connectivity index (χ4v) is 2.36. The lowest BCUT2D eigenvalue weighted by molar-refractivity contribution is 0.145. The van der Waals surface area contributed by atoms with E-state index in [0.717, 1.165) is 0 Å².